The summed E-state index contributed by atoms with van der Waals surface area (Å²) >= 11 is 0. The number of para-hydroxylation sites is 1. The average molecular weight is 585 g/mol. The third kappa shape index (κ3) is 4.23. The van der Waals surface area contributed by atoms with Crippen molar-refractivity contribution in [3.8, 4) is 0 Å². The van der Waals surface area contributed by atoms with Gasteiger partial charge in [-0.15, -0.1) is 0 Å². The number of nitrogens with one attached hydrogen (secondary N) is 1. The number of carbonyl (C=O) groups is 3. The molecule has 1 amide bonds. The van der Waals surface area contributed by atoms with Crippen LogP contribution in [0, 0.1) is 11.7 Å². The Bertz CT molecular complexity index is 1800. The molecule has 4 aromatic rings. The van der Waals surface area contributed by atoms with E-state index in [0.717, 1.165) is 42.4 Å². The molecule has 44 heavy (non-hydrogen) atoms. The molecule has 4 aromatic carbocycles. The van der Waals surface area contributed by atoms with Crippen LogP contribution in [0.25, 0.3) is 6.08 Å². The standard InChI is InChI=1S/C38H33FN2O3/c1-2-3-4-9-24-14-16-26(17-15-24)34(42)32-33(35(43)27-18-20-28(39)21-19-27)41-23-22-25-10-5-6-11-29(25)36(41)38(32)30-12-7-8-13-31(30)40-37(38)44/h5-8,10-23,32-33,36H,2-4,9H2,1H3,(H,40,44)/t32-,33+,36-,38-/m1/s1. The van der Waals surface area contributed by atoms with Crippen molar-refractivity contribution in [2.24, 2.45) is 5.92 Å². The van der Waals surface area contributed by atoms with E-state index < -0.39 is 29.2 Å². The van der Waals surface area contributed by atoms with Crippen molar-refractivity contribution in [3.05, 3.63) is 142 Å². The van der Waals surface area contributed by atoms with E-state index in [2.05, 4.69) is 12.2 Å². The van der Waals surface area contributed by atoms with Gasteiger partial charge in [-0.3, -0.25) is 14.4 Å². The summed E-state index contributed by atoms with van der Waals surface area (Å²) in [6.45, 7) is 2.17. The van der Waals surface area contributed by atoms with Crippen LogP contribution in [0.4, 0.5) is 10.1 Å². The molecule has 0 saturated carbocycles. The summed E-state index contributed by atoms with van der Waals surface area (Å²) in [5.41, 5.74) is 3.65. The number of hydrogen-bond acceptors (Lipinski definition) is 4. The first-order valence-corrected chi connectivity index (χ1v) is 15.3. The number of Topliss-reactive ketones (excluding diaryl/α,β-unsaturated/α-hetero) is 2. The Morgan fingerprint density at radius 1 is 0.841 bits per heavy atom. The molecule has 4 atom stereocenters. The molecule has 1 saturated heterocycles. The molecule has 0 aromatic heterocycles. The van der Waals surface area contributed by atoms with Crippen LogP contribution < -0.4 is 5.32 Å². The topological polar surface area (TPSA) is 66.5 Å². The number of aryl methyl sites for hydroxylation is 1. The lowest BCUT2D eigenvalue weighted by atomic mass is 9.62. The summed E-state index contributed by atoms with van der Waals surface area (Å²) in [6.07, 6.45) is 8.04. The largest absolute Gasteiger partial charge is 0.358 e. The summed E-state index contributed by atoms with van der Waals surface area (Å²) < 4.78 is 13.9. The molecule has 0 bridgehead atoms. The van der Waals surface area contributed by atoms with Gasteiger partial charge >= 0.3 is 0 Å². The van der Waals surface area contributed by atoms with E-state index in [9.17, 15) is 18.8 Å². The van der Waals surface area contributed by atoms with Crippen LogP contribution in [0.15, 0.2) is 103 Å². The molecular formula is C38H33FN2O3. The van der Waals surface area contributed by atoms with Crippen LogP contribution in [-0.4, -0.2) is 28.4 Å². The van der Waals surface area contributed by atoms with Crippen molar-refractivity contribution < 1.29 is 18.8 Å². The van der Waals surface area contributed by atoms with Crippen molar-refractivity contribution in [1.82, 2.24) is 4.90 Å². The number of hydrogen-bond donors (Lipinski definition) is 1. The minimum atomic E-state index is -1.39. The van der Waals surface area contributed by atoms with Gasteiger partial charge < -0.3 is 10.2 Å². The summed E-state index contributed by atoms with van der Waals surface area (Å²) in [4.78, 5) is 45.9. The lowest BCUT2D eigenvalue weighted by Crippen LogP contribution is -2.49. The first-order chi connectivity index (χ1) is 21.4. The molecule has 3 aliphatic rings. The highest BCUT2D eigenvalue weighted by molar-refractivity contribution is 6.16. The van der Waals surface area contributed by atoms with Gasteiger partial charge in [0, 0.05) is 23.0 Å². The molecule has 1 N–H and O–H groups in total. The first kappa shape index (κ1) is 28.0. The Labute approximate surface area is 256 Å². The Balaban J connectivity index is 1.44. The summed E-state index contributed by atoms with van der Waals surface area (Å²) in [7, 11) is 0. The van der Waals surface area contributed by atoms with Crippen LogP contribution >= 0.6 is 0 Å². The number of unbranched alkanes of at least 4 members (excludes halogenated alkanes) is 2. The second kappa shape index (κ2) is 11.0. The zero-order valence-corrected chi connectivity index (χ0v) is 24.5. The maximum atomic E-state index is 14.9. The third-order valence-electron chi connectivity index (χ3n) is 9.56. The number of ketones is 2. The maximum Gasteiger partial charge on any atom is 0.238 e. The fourth-order valence-electron chi connectivity index (χ4n) is 7.55. The first-order valence-electron chi connectivity index (χ1n) is 15.3. The number of carbonyl (C=O) groups excluding carboxylic acids is 3. The number of nitrogens with zero attached hydrogens (tertiary/aromatic N) is 1. The SMILES string of the molecule is CCCCCc1ccc(C(=O)[C@H]2[C@@H](C(=O)c3ccc(F)cc3)N3C=Cc4ccccc4[C@@H]3[C@]23C(=O)Nc2ccccc23)cc1. The predicted molar refractivity (Wildman–Crippen MR) is 169 cm³/mol. The van der Waals surface area contributed by atoms with Crippen molar-refractivity contribution in [1.29, 1.82) is 0 Å². The van der Waals surface area contributed by atoms with Crippen molar-refractivity contribution in [2.75, 3.05) is 5.32 Å². The minimum absolute atomic E-state index is 0.266. The predicted octanol–water partition coefficient (Wildman–Crippen LogP) is 7.54. The number of amides is 1. The minimum Gasteiger partial charge on any atom is -0.358 e. The molecule has 0 radical (unpaired) electrons. The molecule has 6 heteroatoms. The zero-order valence-electron chi connectivity index (χ0n) is 24.5. The van der Waals surface area contributed by atoms with Crippen molar-refractivity contribution in [2.45, 2.75) is 50.1 Å². The summed E-state index contributed by atoms with van der Waals surface area (Å²) in [5.74, 6) is -2.41. The molecule has 0 unspecified atom stereocenters. The van der Waals surface area contributed by atoms with Gasteiger partial charge in [0.25, 0.3) is 0 Å². The van der Waals surface area contributed by atoms with Crippen molar-refractivity contribution in [3.63, 3.8) is 0 Å². The summed E-state index contributed by atoms with van der Waals surface area (Å²) in [5, 5.41) is 3.07. The highest BCUT2D eigenvalue weighted by atomic mass is 19.1. The van der Waals surface area contributed by atoms with E-state index >= 15 is 0 Å². The zero-order chi connectivity index (χ0) is 30.4. The Hall–Kier alpha value is -4.84. The van der Waals surface area contributed by atoms with E-state index in [4.69, 9.17) is 0 Å². The number of benzene rings is 4. The van der Waals surface area contributed by atoms with E-state index in [0.29, 0.717) is 16.8 Å². The highest BCUT2D eigenvalue weighted by Gasteiger charge is 2.70. The van der Waals surface area contributed by atoms with Gasteiger partial charge in [-0.2, -0.15) is 0 Å². The van der Waals surface area contributed by atoms with Gasteiger partial charge in [-0.05, 0) is 71.5 Å². The van der Waals surface area contributed by atoms with Gasteiger partial charge in [0.05, 0.1) is 12.0 Å². The summed E-state index contributed by atoms with van der Waals surface area (Å²) in [6, 6.07) is 26.7. The van der Waals surface area contributed by atoms with Crippen LogP contribution in [-0.2, 0) is 16.6 Å². The molecule has 1 spiro atoms. The Morgan fingerprint density at radius 2 is 1.52 bits per heavy atom. The van der Waals surface area contributed by atoms with E-state index in [-0.39, 0.29) is 23.0 Å². The van der Waals surface area contributed by atoms with Crippen LogP contribution in [0.5, 0.6) is 0 Å². The van der Waals surface area contributed by atoms with Gasteiger partial charge in [0.15, 0.2) is 11.6 Å². The lowest BCUT2D eigenvalue weighted by Gasteiger charge is -2.38. The molecule has 7 rings (SSSR count). The van der Waals surface area contributed by atoms with E-state index in [1.54, 1.807) is 0 Å². The van der Waals surface area contributed by atoms with Gasteiger partial charge in [-0.1, -0.05) is 86.5 Å². The molecule has 3 aliphatic heterocycles. The van der Waals surface area contributed by atoms with Gasteiger partial charge in [-0.25, -0.2) is 4.39 Å². The fraction of sp³-hybridized carbons (Fsp3) is 0.237. The number of halogens is 1. The Kier molecular flexibility index (Phi) is 7.00. The van der Waals surface area contributed by atoms with Crippen LogP contribution in [0.2, 0.25) is 0 Å². The fourth-order valence-corrected chi connectivity index (χ4v) is 7.55. The van der Waals surface area contributed by atoms with E-state index in [1.165, 1.54) is 24.3 Å². The second-order valence-corrected chi connectivity index (χ2v) is 12.0. The van der Waals surface area contributed by atoms with E-state index in [1.807, 2.05) is 90.0 Å². The molecule has 0 aliphatic carbocycles. The quantitative estimate of drug-likeness (QED) is 0.172. The molecule has 1 fully saturated rings. The molecular weight excluding hydrogens is 551 g/mol. The highest BCUT2D eigenvalue weighted by Crippen LogP contribution is 2.62. The number of rotatable bonds is 8. The average Bonchev–Trinajstić information content (AvgIpc) is 3.53. The molecule has 220 valence electrons. The van der Waals surface area contributed by atoms with Crippen molar-refractivity contribution >= 4 is 29.2 Å². The third-order valence-corrected chi connectivity index (χ3v) is 9.56. The van der Waals surface area contributed by atoms with Gasteiger partial charge in [0.2, 0.25) is 5.91 Å². The Morgan fingerprint density at radius 3 is 2.30 bits per heavy atom. The molecule has 5 nitrogen and oxygen atoms in total. The maximum absolute atomic E-state index is 14.9. The van der Waals surface area contributed by atoms with Gasteiger partial charge in [0.1, 0.15) is 17.3 Å². The number of fused-ring (bicyclic) bond motifs is 6. The normalized spacial score (nSPS) is 22.8. The van der Waals surface area contributed by atoms with Crippen LogP contribution in [0.3, 0.4) is 0 Å². The monoisotopic (exact) mass is 584 g/mol. The lowest BCUT2D eigenvalue weighted by molar-refractivity contribution is -0.122. The number of anilines is 1. The molecule has 3 heterocycles. The van der Waals surface area contributed by atoms with Crippen LogP contribution in [0.1, 0.15) is 75.2 Å². The second-order valence-electron chi connectivity index (χ2n) is 12.0. The smallest absolute Gasteiger partial charge is 0.238 e.